The van der Waals surface area contributed by atoms with Crippen molar-refractivity contribution in [1.29, 1.82) is 0 Å². The number of morpholine rings is 1. The molecule has 1 aromatic heterocycles. The highest BCUT2D eigenvalue weighted by Gasteiger charge is 2.38. The topological polar surface area (TPSA) is 35.1 Å². The number of anilines is 1. The Morgan fingerprint density at radius 1 is 0.917 bits per heavy atom. The van der Waals surface area contributed by atoms with Crippen LogP contribution in [0.4, 0.5) is 5.82 Å². The van der Waals surface area contributed by atoms with Crippen LogP contribution in [0, 0.1) is 0 Å². The summed E-state index contributed by atoms with van der Waals surface area (Å²) in [5.74, 6) is 0.997. The lowest BCUT2D eigenvalue weighted by atomic mass is 9.93. The molecule has 5 rings (SSSR count). The van der Waals surface area contributed by atoms with E-state index in [1.165, 1.54) is 5.56 Å². The fourth-order valence-corrected chi connectivity index (χ4v) is 6.19. The zero-order valence-electron chi connectivity index (χ0n) is 21.1. The Kier molecular flexibility index (Phi) is 10.2. The number of benzene rings is 1. The number of halogens is 3. The molecule has 198 valence electrons. The molecule has 3 aliphatic heterocycles. The number of pyridine rings is 1. The minimum absolute atomic E-state index is 0. The smallest absolute Gasteiger partial charge is 0.129 e. The third kappa shape index (κ3) is 7.04. The summed E-state index contributed by atoms with van der Waals surface area (Å²) in [5.41, 5.74) is 1.37. The van der Waals surface area contributed by atoms with Crippen molar-refractivity contribution < 1.29 is 4.74 Å². The maximum absolute atomic E-state index is 6.23. The van der Waals surface area contributed by atoms with E-state index in [0.717, 1.165) is 94.2 Å². The first-order valence-corrected chi connectivity index (χ1v) is 13.7. The third-order valence-corrected chi connectivity index (χ3v) is 8.42. The summed E-state index contributed by atoms with van der Waals surface area (Å²) in [7, 11) is 2.31. The van der Waals surface area contributed by atoms with Crippen LogP contribution in [0.15, 0.2) is 42.6 Å². The van der Waals surface area contributed by atoms with Crippen LogP contribution in [0.2, 0.25) is 10.0 Å². The van der Waals surface area contributed by atoms with Crippen molar-refractivity contribution >= 4 is 41.4 Å². The number of aromatic nitrogens is 1. The highest BCUT2D eigenvalue weighted by atomic mass is 35.5. The Hall–Kier alpha value is -1.12. The number of hydrogen-bond acceptors (Lipinski definition) is 6. The fourth-order valence-electron chi connectivity index (χ4n) is 5.91. The number of ether oxygens (including phenoxy) is 1. The van der Waals surface area contributed by atoms with E-state index in [9.17, 15) is 0 Å². The van der Waals surface area contributed by atoms with Crippen LogP contribution in [0.1, 0.15) is 18.4 Å². The van der Waals surface area contributed by atoms with Crippen molar-refractivity contribution in [3.63, 3.8) is 0 Å². The molecule has 3 aliphatic rings. The van der Waals surface area contributed by atoms with Crippen LogP contribution in [-0.4, -0.2) is 104 Å². The minimum atomic E-state index is 0. The van der Waals surface area contributed by atoms with Crippen LogP contribution in [0.3, 0.4) is 0 Å². The Balaban J connectivity index is 0.00000304. The van der Waals surface area contributed by atoms with Gasteiger partial charge in [0.15, 0.2) is 0 Å². The summed E-state index contributed by atoms with van der Waals surface area (Å²) < 4.78 is 5.58. The molecule has 2 aromatic rings. The molecule has 3 fully saturated rings. The fraction of sp³-hybridized carbons (Fsp3) is 0.593. The second-order valence-corrected chi connectivity index (χ2v) is 11.1. The quantitative estimate of drug-likeness (QED) is 0.529. The summed E-state index contributed by atoms with van der Waals surface area (Å²) >= 11 is 12.4. The average molecular weight is 555 g/mol. The van der Waals surface area contributed by atoms with Crippen molar-refractivity contribution in [2.45, 2.75) is 37.4 Å². The predicted octanol–water partition coefficient (Wildman–Crippen LogP) is 4.34. The molecule has 6 nitrogen and oxygen atoms in total. The van der Waals surface area contributed by atoms with Crippen LogP contribution >= 0.6 is 35.6 Å². The molecule has 0 saturated carbocycles. The molecule has 0 N–H and O–H groups in total. The number of nitrogens with zero attached hydrogens (tertiary/aromatic N) is 5. The van der Waals surface area contributed by atoms with Crippen molar-refractivity contribution in [1.82, 2.24) is 19.7 Å². The Labute approximate surface area is 231 Å². The first-order valence-electron chi connectivity index (χ1n) is 12.9. The van der Waals surface area contributed by atoms with Crippen molar-refractivity contribution in [3.05, 3.63) is 58.2 Å². The number of likely N-dealkylation sites (N-methyl/N-ethyl adjacent to an activating group) is 1. The number of piperazine rings is 1. The Bertz CT molecular complexity index is 951. The summed E-state index contributed by atoms with van der Waals surface area (Å²) in [6.45, 7) is 9.17. The maximum Gasteiger partial charge on any atom is 0.129 e. The van der Waals surface area contributed by atoms with Gasteiger partial charge in [-0.15, -0.1) is 12.4 Å². The lowest BCUT2D eigenvalue weighted by Gasteiger charge is -2.51. The zero-order chi connectivity index (χ0) is 24.2. The highest BCUT2D eigenvalue weighted by molar-refractivity contribution is 6.31. The normalized spacial score (nSPS) is 25.0. The third-order valence-electron chi connectivity index (χ3n) is 7.93. The van der Waals surface area contributed by atoms with E-state index in [1.807, 2.05) is 30.5 Å². The molecule has 2 atom stereocenters. The number of hydrogen-bond donors (Lipinski definition) is 0. The van der Waals surface area contributed by atoms with Gasteiger partial charge in [0, 0.05) is 80.2 Å². The average Bonchev–Trinajstić information content (AvgIpc) is 2.88. The standard InChI is InChI=1S/C27H37Cl2N5O.ClH/c1-31-18-25(16-21-2-4-22(28)5-3-21)34(20-26(31)19-32-12-14-35-15-13-32)24-7-10-33(11-8-24)27-17-23(29)6-9-30-27;/h2-6,9,17,24-26H,7-8,10-16,18-20H2,1H3;1H/t25-,26-;/m0./s1. The molecular weight excluding hydrogens is 517 g/mol. The largest absolute Gasteiger partial charge is 0.379 e. The van der Waals surface area contributed by atoms with Gasteiger partial charge in [-0.25, -0.2) is 4.98 Å². The van der Waals surface area contributed by atoms with E-state index in [0.29, 0.717) is 18.1 Å². The van der Waals surface area contributed by atoms with Gasteiger partial charge in [-0.3, -0.25) is 14.7 Å². The summed E-state index contributed by atoms with van der Waals surface area (Å²) in [6, 6.07) is 13.9. The highest BCUT2D eigenvalue weighted by Crippen LogP contribution is 2.28. The van der Waals surface area contributed by atoms with E-state index in [1.54, 1.807) is 0 Å². The second-order valence-electron chi connectivity index (χ2n) is 10.2. The van der Waals surface area contributed by atoms with Crippen LogP contribution in [0.25, 0.3) is 0 Å². The van der Waals surface area contributed by atoms with Gasteiger partial charge in [0.25, 0.3) is 0 Å². The molecule has 0 amide bonds. The SMILES string of the molecule is CN1C[C@H](Cc2ccc(Cl)cc2)N(C2CCN(c3cc(Cl)ccn3)CC2)C[C@@H]1CN1CCOCC1.Cl. The van der Waals surface area contributed by atoms with Crippen LogP contribution in [-0.2, 0) is 11.2 Å². The molecule has 0 aliphatic carbocycles. The zero-order valence-corrected chi connectivity index (χ0v) is 23.4. The lowest BCUT2D eigenvalue weighted by molar-refractivity contribution is -0.0214. The molecule has 0 radical (unpaired) electrons. The summed E-state index contributed by atoms with van der Waals surface area (Å²) in [4.78, 5) is 15.0. The van der Waals surface area contributed by atoms with Gasteiger partial charge >= 0.3 is 0 Å². The summed E-state index contributed by atoms with van der Waals surface area (Å²) in [6.07, 6.45) is 5.17. The van der Waals surface area contributed by atoms with Crippen LogP contribution in [0.5, 0.6) is 0 Å². The molecule has 0 spiro atoms. The van der Waals surface area contributed by atoms with Gasteiger partial charge in [-0.1, -0.05) is 35.3 Å². The van der Waals surface area contributed by atoms with Gasteiger partial charge in [-0.2, -0.15) is 0 Å². The minimum Gasteiger partial charge on any atom is -0.379 e. The van der Waals surface area contributed by atoms with E-state index in [2.05, 4.69) is 43.8 Å². The van der Waals surface area contributed by atoms with Crippen molar-refractivity contribution in [3.8, 4) is 0 Å². The predicted molar refractivity (Wildman–Crippen MR) is 151 cm³/mol. The summed E-state index contributed by atoms with van der Waals surface area (Å²) in [5, 5.41) is 1.56. The van der Waals surface area contributed by atoms with Gasteiger partial charge in [-0.05, 0) is 56.1 Å². The Morgan fingerprint density at radius 2 is 1.64 bits per heavy atom. The van der Waals surface area contributed by atoms with E-state index < -0.39 is 0 Å². The molecule has 0 bridgehead atoms. The molecular formula is C27H38Cl3N5O. The Morgan fingerprint density at radius 3 is 2.33 bits per heavy atom. The molecule has 1 aromatic carbocycles. The van der Waals surface area contributed by atoms with E-state index >= 15 is 0 Å². The van der Waals surface area contributed by atoms with Gasteiger partial charge in [0.1, 0.15) is 5.82 Å². The van der Waals surface area contributed by atoms with E-state index in [4.69, 9.17) is 27.9 Å². The van der Waals surface area contributed by atoms with Gasteiger partial charge in [0.05, 0.1) is 13.2 Å². The number of piperidine rings is 1. The molecule has 4 heterocycles. The van der Waals surface area contributed by atoms with Gasteiger partial charge < -0.3 is 9.64 Å². The van der Waals surface area contributed by atoms with Crippen molar-refractivity contribution in [2.75, 3.05) is 71.0 Å². The molecule has 36 heavy (non-hydrogen) atoms. The first kappa shape index (κ1) is 27.9. The lowest BCUT2D eigenvalue weighted by Crippen LogP contribution is -2.64. The second kappa shape index (κ2) is 13.1. The maximum atomic E-state index is 6.23. The van der Waals surface area contributed by atoms with Crippen LogP contribution < -0.4 is 4.90 Å². The molecule has 0 unspecified atom stereocenters. The monoisotopic (exact) mass is 553 g/mol. The van der Waals surface area contributed by atoms with E-state index in [-0.39, 0.29) is 12.4 Å². The first-order chi connectivity index (χ1) is 17.0. The molecule has 3 saturated heterocycles. The van der Waals surface area contributed by atoms with Gasteiger partial charge in [0.2, 0.25) is 0 Å². The molecule has 9 heteroatoms. The van der Waals surface area contributed by atoms with Crippen molar-refractivity contribution in [2.24, 2.45) is 0 Å². The number of rotatable bonds is 6.